The zero-order chi connectivity index (χ0) is 13.5. The lowest BCUT2D eigenvalue weighted by molar-refractivity contribution is -0.387. The fourth-order valence-electron chi connectivity index (χ4n) is 1.43. The van der Waals surface area contributed by atoms with E-state index in [1.165, 1.54) is 17.8 Å². The van der Waals surface area contributed by atoms with Crippen molar-refractivity contribution in [2.45, 2.75) is 29.9 Å². The average Bonchev–Trinajstić information content (AvgIpc) is 2.38. The van der Waals surface area contributed by atoms with Gasteiger partial charge in [0.05, 0.1) is 9.82 Å². The highest BCUT2D eigenvalue weighted by atomic mass is 32.2. The lowest BCUT2D eigenvalue weighted by Crippen LogP contribution is -2.18. The first kappa shape index (κ1) is 14.3. The smallest absolute Gasteiger partial charge is 0.282 e. The molecule has 1 aromatic carbocycles. The molecular formula is C11H15N3O3S. The van der Waals surface area contributed by atoms with Crippen molar-refractivity contribution in [3.8, 4) is 0 Å². The normalized spacial score (nSPS) is 13.3. The molecule has 0 spiro atoms. The second-order valence-corrected chi connectivity index (χ2v) is 5.01. The quantitative estimate of drug-likeness (QED) is 0.206. The number of amidine groups is 1. The predicted molar refractivity (Wildman–Crippen MR) is 71.1 cm³/mol. The van der Waals surface area contributed by atoms with Gasteiger partial charge in [-0.15, -0.1) is 11.8 Å². The first-order valence-electron chi connectivity index (χ1n) is 5.45. The van der Waals surface area contributed by atoms with Crippen molar-refractivity contribution in [2.24, 2.45) is 10.9 Å². The van der Waals surface area contributed by atoms with E-state index in [1.807, 2.05) is 6.92 Å². The molecule has 1 unspecified atom stereocenters. The fraction of sp³-hybridized carbons (Fsp3) is 0.364. The van der Waals surface area contributed by atoms with E-state index in [1.54, 1.807) is 18.2 Å². The van der Waals surface area contributed by atoms with Crippen LogP contribution in [0.15, 0.2) is 34.3 Å². The summed E-state index contributed by atoms with van der Waals surface area (Å²) in [4.78, 5) is 11.1. The Hall–Kier alpha value is -1.76. The molecule has 0 aliphatic carbocycles. The summed E-state index contributed by atoms with van der Waals surface area (Å²) in [6, 6.07) is 6.56. The van der Waals surface area contributed by atoms with Gasteiger partial charge in [0.25, 0.3) is 5.69 Å². The Morgan fingerprint density at radius 3 is 2.83 bits per heavy atom. The van der Waals surface area contributed by atoms with Crippen LogP contribution in [-0.4, -0.2) is 21.2 Å². The lowest BCUT2D eigenvalue weighted by atomic mass is 10.2. The number of nitro benzene ring substituents is 1. The van der Waals surface area contributed by atoms with Gasteiger partial charge in [-0.25, -0.2) is 0 Å². The molecular weight excluding hydrogens is 254 g/mol. The van der Waals surface area contributed by atoms with Crippen LogP contribution in [0, 0.1) is 10.1 Å². The van der Waals surface area contributed by atoms with Crippen LogP contribution < -0.4 is 5.73 Å². The van der Waals surface area contributed by atoms with E-state index < -0.39 is 4.92 Å². The molecule has 0 bridgehead atoms. The van der Waals surface area contributed by atoms with Gasteiger partial charge in [0.2, 0.25) is 0 Å². The molecule has 0 aliphatic heterocycles. The van der Waals surface area contributed by atoms with Crippen molar-refractivity contribution >= 4 is 23.3 Å². The van der Waals surface area contributed by atoms with Gasteiger partial charge in [-0.2, -0.15) is 0 Å². The van der Waals surface area contributed by atoms with Crippen LogP contribution in [0.25, 0.3) is 0 Å². The fourth-order valence-corrected chi connectivity index (χ4v) is 2.63. The minimum absolute atomic E-state index is 0.0435. The van der Waals surface area contributed by atoms with Gasteiger partial charge < -0.3 is 10.9 Å². The SMILES string of the molecule is CCC(C/C(N)=N/O)Sc1ccccc1[N+](=O)[O-]. The van der Waals surface area contributed by atoms with Gasteiger partial charge in [-0.3, -0.25) is 10.1 Å². The molecule has 0 saturated carbocycles. The average molecular weight is 269 g/mol. The van der Waals surface area contributed by atoms with Crippen molar-refractivity contribution in [1.82, 2.24) is 0 Å². The third-order valence-corrected chi connectivity index (χ3v) is 3.81. The minimum atomic E-state index is -0.404. The summed E-state index contributed by atoms with van der Waals surface area (Å²) in [6.07, 6.45) is 1.16. The Morgan fingerprint density at radius 1 is 1.61 bits per heavy atom. The number of hydrogen-bond donors (Lipinski definition) is 2. The zero-order valence-corrected chi connectivity index (χ0v) is 10.8. The van der Waals surface area contributed by atoms with E-state index in [2.05, 4.69) is 5.16 Å². The number of nitrogens with two attached hydrogens (primary N) is 1. The molecule has 1 atom stereocenters. The van der Waals surface area contributed by atoms with Crippen LogP contribution in [0.5, 0.6) is 0 Å². The van der Waals surface area contributed by atoms with Crippen LogP contribution in [0.1, 0.15) is 19.8 Å². The summed E-state index contributed by atoms with van der Waals surface area (Å²) in [7, 11) is 0. The zero-order valence-electron chi connectivity index (χ0n) is 9.94. The molecule has 18 heavy (non-hydrogen) atoms. The summed E-state index contributed by atoms with van der Waals surface area (Å²) in [5.74, 6) is 0.132. The maximum Gasteiger partial charge on any atom is 0.282 e. The van der Waals surface area contributed by atoms with Crippen molar-refractivity contribution in [2.75, 3.05) is 0 Å². The van der Waals surface area contributed by atoms with Gasteiger partial charge in [-0.05, 0) is 12.5 Å². The number of nitrogens with zero attached hydrogens (tertiary/aromatic N) is 2. The van der Waals surface area contributed by atoms with E-state index in [0.29, 0.717) is 11.3 Å². The Kier molecular flexibility index (Phi) is 5.44. The van der Waals surface area contributed by atoms with Crippen molar-refractivity contribution in [3.05, 3.63) is 34.4 Å². The largest absolute Gasteiger partial charge is 0.409 e. The minimum Gasteiger partial charge on any atom is -0.409 e. The highest BCUT2D eigenvalue weighted by Crippen LogP contribution is 2.34. The van der Waals surface area contributed by atoms with Gasteiger partial charge >= 0.3 is 0 Å². The van der Waals surface area contributed by atoms with Gasteiger partial charge in [-0.1, -0.05) is 24.2 Å². The summed E-state index contributed by atoms with van der Waals surface area (Å²) in [5, 5.41) is 22.4. The number of hydrogen-bond acceptors (Lipinski definition) is 5. The Bertz CT molecular complexity index is 451. The first-order chi connectivity index (χ1) is 8.58. The summed E-state index contributed by atoms with van der Waals surface area (Å²) in [5.41, 5.74) is 5.54. The number of para-hydroxylation sites is 1. The second-order valence-electron chi connectivity index (χ2n) is 3.67. The van der Waals surface area contributed by atoms with Crippen LogP contribution in [0.3, 0.4) is 0 Å². The molecule has 1 rings (SSSR count). The first-order valence-corrected chi connectivity index (χ1v) is 6.33. The van der Waals surface area contributed by atoms with Crippen molar-refractivity contribution in [3.63, 3.8) is 0 Å². The molecule has 3 N–H and O–H groups in total. The monoisotopic (exact) mass is 269 g/mol. The van der Waals surface area contributed by atoms with Crippen molar-refractivity contribution in [1.29, 1.82) is 0 Å². The molecule has 0 amide bonds. The van der Waals surface area contributed by atoms with Crippen LogP contribution in [0.2, 0.25) is 0 Å². The molecule has 0 fully saturated rings. The summed E-state index contributed by atoms with van der Waals surface area (Å²) >= 11 is 1.37. The molecule has 6 nitrogen and oxygen atoms in total. The standard InChI is InChI=1S/C11H15N3O3S/c1-2-8(7-11(12)13-15)18-10-6-4-3-5-9(10)14(16)17/h3-6,8,15H,2,7H2,1H3,(H2,12,13). The van der Waals surface area contributed by atoms with Gasteiger partial charge in [0.15, 0.2) is 0 Å². The van der Waals surface area contributed by atoms with E-state index in [-0.39, 0.29) is 16.8 Å². The number of rotatable bonds is 6. The number of oxime groups is 1. The van der Waals surface area contributed by atoms with Gasteiger partial charge in [0.1, 0.15) is 5.84 Å². The lowest BCUT2D eigenvalue weighted by Gasteiger charge is -2.13. The third kappa shape index (κ3) is 3.92. The number of nitro groups is 1. The highest BCUT2D eigenvalue weighted by molar-refractivity contribution is 8.00. The van der Waals surface area contributed by atoms with E-state index in [0.717, 1.165) is 6.42 Å². The Balaban J connectivity index is 2.85. The van der Waals surface area contributed by atoms with E-state index in [4.69, 9.17) is 10.9 Å². The van der Waals surface area contributed by atoms with Crippen LogP contribution in [-0.2, 0) is 0 Å². The third-order valence-electron chi connectivity index (χ3n) is 2.38. The van der Waals surface area contributed by atoms with Crippen molar-refractivity contribution < 1.29 is 10.1 Å². The summed E-state index contributed by atoms with van der Waals surface area (Å²) in [6.45, 7) is 1.96. The molecule has 0 radical (unpaired) electrons. The Labute approximate surface area is 109 Å². The number of thioether (sulfide) groups is 1. The molecule has 0 aliphatic rings. The van der Waals surface area contributed by atoms with Crippen LogP contribution >= 0.6 is 11.8 Å². The molecule has 7 heteroatoms. The second kappa shape index (κ2) is 6.85. The highest BCUT2D eigenvalue weighted by Gasteiger charge is 2.18. The molecule has 1 aromatic rings. The summed E-state index contributed by atoms with van der Waals surface area (Å²) < 4.78 is 0. The maximum atomic E-state index is 10.9. The molecule has 0 heterocycles. The molecule has 0 saturated heterocycles. The van der Waals surface area contributed by atoms with E-state index in [9.17, 15) is 10.1 Å². The van der Waals surface area contributed by atoms with Crippen LogP contribution in [0.4, 0.5) is 5.69 Å². The molecule has 0 aromatic heterocycles. The predicted octanol–water partition coefficient (Wildman–Crippen LogP) is 2.60. The molecule has 98 valence electrons. The van der Waals surface area contributed by atoms with Gasteiger partial charge in [0, 0.05) is 17.7 Å². The van der Waals surface area contributed by atoms with E-state index >= 15 is 0 Å². The Morgan fingerprint density at radius 2 is 2.28 bits per heavy atom. The maximum absolute atomic E-state index is 10.9. The topological polar surface area (TPSA) is 102 Å². The number of benzene rings is 1.